The molecule has 108 valence electrons. The van der Waals surface area contributed by atoms with Gasteiger partial charge in [-0.25, -0.2) is 0 Å². The second kappa shape index (κ2) is 5.26. The van der Waals surface area contributed by atoms with Gasteiger partial charge in [-0.1, -0.05) is 60.7 Å². The van der Waals surface area contributed by atoms with Gasteiger partial charge in [0.15, 0.2) is 0 Å². The molecule has 22 heavy (non-hydrogen) atoms. The predicted octanol–water partition coefficient (Wildman–Crippen LogP) is 4.19. The van der Waals surface area contributed by atoms with Crippen molar-refractivity contribution >= 4 is 10.8 Å². The number of fused-ring (bicyclic) bond motifs is 1. The highest BCUT2D eigenvalue weighted by atomic mass is 15.2. The summed E-state index contributed by atoms with van der Waals surface area (Å²) in [5.41, 5.74) is 3.12. The van der Waals surface area contributed by atoms with Crippen molar-refractivity contribution in [1.82, 2.24) is 15.1 Å². The Morgan fingerprint density at radius 3 is 2.36 bits per heavy atom. The third-order valence-electron chi connectivity index (χ3n) is 4.27. The Labute approximate surface area is 129 Å². The Morgan fingerprint density at radius 2 is 1.64 bits per heavy atom. The van der Waals surface area contributed by atoms with Crippen LogP contribution in [0.3, 0.4) is 0 Å². The molecular formula is C19H17N3. The first kappa shape index (κ1) is 13.0. The van der Waals surface area contributed by atoms with Gasteiger partial charge in [0.25, 0.3) is 0 Å². The Morgan fingerprint density at radius 1 is 0.909 bits per heavy atom. The molecule has 1 aromatic heterocycles. The summed E-state index contributed by atoms with van der Waals surface area (Å²) in [4.78, 5) is 2.21. The first-order valence-corrected chi connectivity index (χ1v) is 7.54. The van der Waals surface area contributed by atoms with E-state index >= 15 is 0 Å². The van der Waals surface area contributed by atoms with Crippen molar-refractivity contribution in [3.8, 4) is 11.3 Å². The van der Waals surface area contributed by atoms with Crippen molar-refractivity contribution in [2.45, 2.75) is 12.5 Å². The van der Waals surface area contributed by atoms with Crippen LogP contribution < -0.4 is 0 Å². The van der Waals surface area contributed by atoms with Gasteiger partial charge in [0.05, 0.1) is 11.7 Å². The van der Waals surface area contributed by atoms with Crippen LogP contribution in [0.2, 0.25) is 0 Å². The zero-order valence-corrected chi connectivity index (χ0v) is 12.5. The molecule has 0 aliphatic carbocycles. The highest BCUT2D eigenvalue weighted by molar-refractivity contribution is 5.95. The number of nitrogens with zero attached hydrogens (tertiary/aromatic N) is 3. The summed E-state index contributed by atoms with van der Waals surface area (Å²) >= 11 is 0. The van der Waals surface area contributed by atoms with Gasteiger partial charge in [0.2, 0.25) is 0 Å². The fraction of sp³-hybridized carbons (Fsp3) is 0.158. The van der Waals surface area contributed by atoms with Crippen molar-refractivity contribution in [2.24, 2.45) is 0 Å². The molecule has 0 amide bonds. The minimum atomic E-state index is 0.280. The normalized spacial score (nSPS) is 17.3. The van der Waals surface area contributed by atoms with Gasteiger partial charge < -0.3 is 4.90 Å². The van der Waals surface area contributed by atoms with Gasteiger partial charge in [-0.15, -0.1) is 5.10 Å². The van der Waals surface area contributed by atoms with Crippen molar-refractivity contribution in [3.05, 3.63) is 72.6 Å². The van der Waals surface area contributed by atoms with Gasteiger partial charge in [0.1, 0.15) is 5.69 Å². The summed E-state index contributed by atoms with van der Waals surface area (Å²) < 4.78 is 0. The molecule has 3 aromatic rings. The van der Waals surface area contributed by atoms with E-state index in [1.807, 2.05) is 18.2 Å². The van der Waals surface area contributed by atoms with E-state index in [9.17, 15) is 0 Å². The highest BCUT2D eigenvalue weighted by Crippen LogP contribution is 2.34. The first-order valence-electron chi connectivity index (χ1n) is 7.54. The lowest BCUT2D eigenvalue weighted by Crippen LogP contribution is -2.16. The van der Waals surface area contributed by atoms with E-state index in [1.165, 1.54) is 10.8 Å². The molecule has 0 spiro atoms. The van der Waals surface area contributed by atoms with Crippen LogP contribution in [0.25, 0.3) is 22.0 Å². The third kappa shape index (κ3) is 2.06. The van der Waals surface area contributed by atoms with Gasteiger partial charge in [-0.3, -0.25) is 0 Å². The molecule has 0 radical (unpaired) electrons. The molecule has 0 saturated heterocycles. The van der Waals surface area contributed by atoms with Gasteiger partial charge in [0, 0.05) is 23.4 Å². The van der Waals surface area contributed by atoms with E-state index in [4.69, 9.17) is 0 Å². The summed E-state index contributed by atoms with van der Waals surface area (Å²) in [6, 6.07) is 19.0. The molecular weight excluding hydrogens is 270 g/mol. The standard InChI is InChI=1S/C19H17N3/c1-22-13-7-12-17(22)19-16-11-6-5-10-15(16)18(20-21-19)14-8-3-2-4-9-14/h2-11,13,17H,12H2,1H3. The molecule has 2 aromatic carbocycles. The quantitative estimate of drug-likeness (QED) is 0.707. The van der Waals surface area contributed by atoms with Crippen molar-refractivity contribution in [3.63, 3.8) is 0 Å². The Hall–Kier alpha value is -2.68. The largest absolute Gasteiger partial charge is 0.372 e. The van der Waals surface area contributed by atoms with Gasteiger partial charge in [-0.05, 0) is 12.6 Å². The summed E-state index contributed by atoms with van der Waals surface area (Å²) in [7, 11) is 2.09. The Bertz CT molecular complexity index is 840. The Balaban J connectivity index is 1.93. The van der Waals surface area contributed by atoms with Crippen molar-refractivity contribution < 1.29 is 0 Å². The topological polar surface area (TPSA) is 29.0 Å². The first-order chi connectivity index (χ1) is 10.8. The summed E-state index contributed by atoms with van der Waals surface area (Å²) in [6.45, 7) is 0. The van der Waals surface area contributed by atoms with E-state index in [0.29, 0.717) is 0 Å². The average Bonchev–Trinajstić information content (AvgIpc) is 3.00. The van der Waals surface area contributed by atoms with Crippen LogP contribution in [0.15, 0.2) is 66.9 Å². The maximum absolute atomic E-state index is 4.58. The molecule has 0 saturated carbocycles. The van der Waals surface area contributed by atoms with Crippen LogP contribution in [-0.2, 0) is 0 Å². The Kier molecular flexibility index (Phi) is 3.11. The molecule has 1 aliphatic heterocycles. The number of rotatable bonds is 2. The second-order valence-corrected chi connectivity index (χ2v) is 5.65. The van der Waals surface area contributed by atoms with E-state index in [0.717, 1.165) is 23.4 Å². The monoisotopic (exact) mass is 287 g/mol. The van der Waals surface area contributed by atoms with E-state index < -0.39 is 0 Å². The number of aromatic nitrogens is 2. The zero-order chi connectivity index (χ0) is 14.9. The minimum absolute atomic E-state index is 0.280. The highest BCUT2D eigenvalue weighted by Gasteiger charge is 2.23. The SMILES string of the molecule is CN1C=CCC1c1nnc(-c2ccccc2)c2ccccc12. The lowest BCUT2D eigenvalue weighted by Gasteiger charge is -2.21. The van der Waals surface area contributed by atoms with Crippen molar-refractivity contribution in [1.29, 1.82) is 0 Å². The number of hydrogen-bond donors (Lipinski definition) is 0. The smallest absolute Gasteiger partial charge is 0.101 e. The molecule has 0 bridgehead atoms. The molecule has 2 heterocycles. The molecule has 1 aliphatic rings. The zero-order valence-electron chi connectivity index (χ0n) is 12.5. The van der Waals surface area contributed by atoms with Crippen LogP contribution in [0.4, 0.5) is 0 Å². The molecule has 1 atom stereocenters. The fourth-order valence-corrected chi connectivity index (χ4v) is 3.11. The molecule has 4 rings (SSSR count). The molecule has 3 nitrogen and oxygen atoms in total. The van der Waals surface area contributed by atoms with E-state index in [1.54, 1.807) is 0 Å². The third-order valence-corrected chi connectivity index (χ3v) is 4.27. The summed E-state index contributed by atoms with van der Waals surface area (Å²) in [5.74, 6) is 0. The molecule has 3 heteroatoms. The number of hydrogen-bond acceptors (Lipinski definition) is 3. The van der Waals surface area contributed by atoms with E-state index in [2.05, 4.69) is 70.8 Å². The fourth-order valence-electron chi connectivity index (χ4n) is 3.11. The lowest BCUT2D eigenvalue weighted by molar-refractivity contribution is 0.361. The summed E-state index contributed by atoms with van der Waals surface area (Å²) in [6.07, 6.45) is 5.29. The van der Waals surface area contributed by atoms with Crippen LogP contribution in [0.5, 0.6) is 0 Å². The predicted molar refractivity (Wildman–Crippen MR) is 89.2 cm³/mol. The van der Waals surface area contributed by atoms with Crippen LogP contribution in [0.1, 0.15) is 18.2 Å². The van der Waals surface area contributed by atoms with Gasteiger partial charge >= 0.3 is 0 Å². The average molecular weight is 287 g/mol. The minimum Gasteiger partial charge on any atom is -0.372 e. The maximum Gasteiger partial charge on any atom is 0.101 e. The lowest BCUT2D eigenvalue weighted by atomic mass is 10.00. The van der Waals surface area contributed by atoms with Crippen molar-refractivity contribution in [2.75, 3.05) is 7.05 Å². The molecule has 0 N–H and O–H groups in total. The second-order valence-electron chi connectivity index (χ2n) is 5.65. The maximum atomic E-state index is 4.58. The van der Waals surface area contributed by atoms with Crippen LogP contribution in [0, 0.1) is 0 Å². The van der Waals surface area contributed by atoms with Crippen LogP contribution >= 0.6 is 0 Å². The molecule has 0 fully saturated rings. The summed E-state index contributed by atoms with van der Waals surface area (Å²) in [5, 5.41) is 11.5. The number of benzene rings is 2. The van der Waals surface area contributed by atoms with Crippen LogP contribution in [-0.4, -0.2) is 22.1 Å². The molecule has 1 unspecified atom stereocenters. The van der Waals surface area contributed by atoms with E-state index in [-0.39, 0.29) is 6.04 Å². The van der Waals surface area contributed by atoms with Gasteiger partial charge in [-0.2, -0.15) is 5.10 Å².